The van der Waals surface area contributed by atoms with E-state index >= 15 is 0 Å². The average Bonchev–Trinajstić information content (AvgIpc) is 2.78. The summed E-state index contributed by atoms with van der Waals surface area (Å²) in [6.45, 7) is 7.79. The fraction of sp³-hybridized carbons (Fsp3) is 0.400. The Morgan fingerprint density at radius 1 is 1.22 bits per heavy atom. The van der Waals surface area contributed by atoms with Gasteiger partial charge < -0.3 is 15.0 Å². The highest BCUT2D eigenvalue weighted by molar-refractivity contribution is 5.93. The van der Waals surface area contributed by atoms with Crippen molar-refractivity contribution in [3.63, 3.8) is 0 Å². The van der Waals surface area contributed by atoms with Gasteiger partial charge in [0.15, 0.2) is 0 Å². The fourth-order valence-corrected chi connectivity index (χ4v) is 4.51. The highest BCUT2D eigenvalue weighted by atomic mass is 19.4. The van der Waals surface area contributed by atoms with E-state index < -0.39 is 11.7 Å². The van der Waals surface area contributed by atoms with E-state index in [0.29, 0.717) is 24.8 Å². The van der Waals surface area contributed by atoms with Crippen molar-refractivity contribution >= 4 is 22.3 Å². The van der Waals surface area contributed by atoms with Crippen LogP contribution in [0.25, 0.3) is 10.9 Å². The standard InChI is InChI=1S/C25H28F3N3O/c1-4-18-15-32-13-12-31(18)19-8-9-23-21(14-19)24(10-11-29-23)30-17(3)20-6-5-7-22(16(20)2)25(26,27)28/h5-11,14,17-18H,4,12-13,15H2,1-3H3,(H,29,30)/t17-,18+/m1/s1. The van der Waals surface area contributed by atoms with E-state index in [4.69, 9.17) is 4.74 Å². The Labute approximate surface area is 186 Å². The number of nitrogens with one attached hydrogen (secondary N) is 1. The molecule has 0 radical (unpaired) electrons. The van der Waals surface area contributed by atoms with Crippen LogP contribution in [0.3, 0.4) is 0 Å². The van der Waals surface area contributed by atoms with Crippen molar-refractivity contribution in [2.45, 2.75) is 45.5 Å². The minimum atomic E-state index is -4.37. The molecule has 1 aliphatic rings. The quantitative estimate of drug-likeness (QED) is 0.499. The zero-order valence-corrected chi connectivity index (χ0v) is 18.5. The van der Waals surface area contributed by atoms with E-state index in [1.54, 1.807) is 12.3 Å². The van der Waals surface area contributed by atoms with Crippen LogP contribution < -0.4 is 10.2 Å². The molecule has 1 N–H and O–H groups in total. The van der Waals surface area contributed by atoms with Crippen LogP contribution in [0.4, 0.5) is 24.5 Å². The zero-order valence-electron chi connectivity index (χ0n) is 18.5. The number of morpholine rings is 1. The van der Waals surface area contributed by atoms with Crippen molar-refractivity contribution in [2.24, 2.45) is 0 Å². The molecular formula is C25H28F3N3O. The van der Waals surface area contributed by atoms with E-state index in [9.17, 15) is 13.2 Å². The molecule has 2 heterocycles. The first kappa shape index (κ1) is 22.4. The monoisotopic (exact) mass is 443 g/mol. The van der Waals surface area contributed by atoms with Gasteiger partial charge in [0.2, 0.25) is 0 Å². The number of hydrogen-bond donors (Lipinski definition) is 1. The van der Waals surface area contributed by atoms with Gasteiger partial charge in [-0.25, -0.2) is 0 Å². The van der Waals surface area contributed by atoms with Gasteiger partial charge >= 0.3 is 6.18 Å². The van der Waals surface area contributed by atoms with Crippen molar-refractivity contribution in [3.8, 4) is 0 Å². The molecule has 4 rings (SSSR count). The molecule has 1 aliphatic heterocycles. The number of halogens is 3. The number of alkyl halides is 3. The molecule has 1 aromatic heterocycles. The minimum Gasteiger partial charge on any atom is -0.378 e. The highest BCUT2D eigenvalue weighted by Gasteiger charge is 2.33. The summed E-state index contributed by atoms with van der Waals surface area (Å²) >= 11 is 0. The lowest BCUT2D eigenvalue weighted by Gasteiger charge is -2.37. The minimum absolute atomic E-state index is 0.248. The predicted molar refractivity (Wildman–Crippen MR) is 122 cm³/mol. The van der Waals surface area contributed by atoms with E-state index in [2.05, 4.69) is 34.3 Å². The maximum absolute atomic E-state index is 13.4. The first-order chi connectivity index (χ1) is 15.3. The fourth-order valence-electron chi connectivity index (χ4n) is 4.51. The molecule has 0 saturated carbocycles. The molecule has 32 heavy (non-hydrogen) atoms. The van der Waals surface area contributed by atoms with Gasteiger partial charge in [0.05, 0.1) is 30.3 Å². The molecule has 0 unspecified atom stereocenters. The average molecular weight is 444 g/mol. The topological polar surface area (TPSA) is 37.4 Å². The van der Waals surface area contributed by atoms with Crippen LogP contribution in [-0.2, 0) is 10.9 Å². The van der Waals surface area contributed by atoms with E-state index in [-0.39, 0.29) is 11.6 Å². The third kappa shape index (κ3) is 4.39. The summed E-state index contributed by atoms with van der Waals surface area (Å²) in [5.74, 6) is 0. The SMILES string of the molecule is CC[C@H]1COCCN1c1ccc2nccc(N[C@H](C)c3cccc(C(F)(F)F)c3C)c2c1. The van der Waals surface area contributed by atoms with Gasteiger partial charge in [-0.15, -0.1) is 0 Å². The number of hydrogen-bond acceptors (Lipinski definition) is 4. The molecule has 2 atom stereocenters. The summed E-state index contributed by atoms with van der Waals surface area (Å²) in [5.41, 5.74) is 3.07. The zero-order chi connectivity index (χ0) is 22.9. The van der Waals surface area contributed by atoms with Gasteiger partial charge in [-0.3, -0.25) is 4.98 Å². The molecular weight excluding hydrogens is 415 g/mol. The number of pyridine rings is 1. The molecule has 7 heteroatoms. The van der Waals surface area contributed by atoms with Crippen LogP contribution >= 0.6 is 0 Å². The summed E-state index contributed by atoms with van der Waals surface area (Å²) in [6.07, 6.45) is -1.66. The summed E-state index contributed by atoms with van der Waals surface area (Å²) < 4.78 is 45.7. The first-order valence-electron chi connectivity index (χ1n) is 11.0. The van der Waals surface area contributed by atoms with Crippen LogP contribution in [0.5, 0.6) is 0 Å². The van der Waals surface area contributed by atoms with Gasteiger partial charge in [0.1, 0.15) is 0 Å². The third-order valence-corrected chi connectivity index (χ3v) is 6.28. The van der Waals surface area contributed by atoms with E-state index in [1.165, 1.54) is 13.0 Å². The Kier molecular flexibility index (Phi) is 6.29. The van der Waals surface area contributed by atoms with Crippen molar-refractivity contribution in [1.29, 1.82) is 0 Å². The molecule has 1 fully saturated rings. The van der Waals surface area contributed by atoms with Crippen molar-refractivity contribution in [2.75, 3.05) is 30.0 Å². The van der Waals surface area contributed by atoms with Crippen molar-refractivity contribution < 1.29 is 17.9 Å². The second kappa shape index (κ2) is 8.98. The molecule has 0 aliphatic carbocycles. The molecule has 0 amide bonds. The number of benzene rings is 2. The molecule has 0 bridgehead atoms. The number of fused-ring (bicyclic) bond motifs is 1. The van der Waals surface area contributed by atoms with Crippen LogP contribution in [0.15, 0.2) is 48.7 Å². The summed E-state index contributed by atoms with van der Waals surface area (Å²) in [6, 6.07) is 12.4. The lowest BCUT2D eigenvalue weighted by Crippen LogP contribution is -2.45. The van der Waals surface area contributed by atoms with E-state index in [0.717, 1.165) is 41.3 Å². The molecule has 1 saturated heterocycles. The first-order valence-corrected chi connectivity index (χ1v) is 11.0. The molecule has 3 aromatic rings. The van der Waals surface area contributed by atoms with Crippen LogP contribution in [-0.4, -0.2) is 30.8 Å². The molecule has 170 valence electrons. The third-order valence-electron chi connectivity index (χ3n) is 6.28. The van der Waals surface area contributed by atoms with Crippen molar-refractivity contribution in [3.05, 3.63) is 65.4 Å². The smallest absolute Gasteiger partial charge is 0.378 e. The van der Waals surface area contributed by atoms with Crippen molar-refractivity contribution in [1.82, 2.24) is 4.98 Å². The van der Waals surface area contributed by atoms with Gasteiger partial charge in [0.25, 0.3) is 0 Å². The van der Waals surface area contributed by atoms with E-state index in [1.807, 2.05) is 19.1 Å². The second-order valence-corrected chi connectivity index (χ2v) is 8.27. The Bertz CT molecular complexity index is 1100. The second-order valence-electron chi connectivity index (χ2n) is 8.27. The Balaban J connectivity index is 1.68. The Hall–Kier alpha value is -2.80. The highest BCUT2D eigenvalue weighted by Crippen LogP contribution is 2.36. The number of nitrogens with zero attached hydrogens (tertiary/aromatic N) is 2. The lowest BCUT2D eigenvalue weighted by atomic mass is 9.97. The summed E-state index contributed by atoms with van der Waals surface area (Å²) in [7, 11) is 0. The summed E-state index contributed by atoms with van der Waals surface area (Å²) in [4.78, 5) is 6.84. The summed E-state index contributed by atoms with van der Waals surface area (Å²) in [5, 5.41) is 4.37. The maximum Gasteiger partial charge on any atom is 0.416 e. The van der Waals surface area contributed by atoms with Crippen LogP contribution in [0.1, 0.15) is 43.0 Å². The van der Waals surface area contributed by atoms with Gasteiger partial charge in [-0.2, -0.15) is 13.2 Å². The Morgan fingerprint density at radius 2 is 2.03 bits per heavy atom. The van der Waals surface area contributed by atoms with Gasteiger partial charge in [0, 0.05) is 35.5 Å². The molecule has 2 aromatic carbocycles. The number of anilines is 2. The Morgan fingerprint density at radius 3 is 2.78 bits per heavy atom. The number of aromatic nitrogens is 1. The lowest BCUT2D eigenvalue weighted by molar-refractivity contribution is -0.138. The normalized spacial score (nSPS) is 18.1. The van der Waals surface area contributed by atoms with Gasteiger partial charge in [-0.1, -0.05) is 19.1 Å². The molecule has 0 spiro atoms. The largest absolute Gasteiger partial charge is 0.416 e. The maximum atomic E-state index is 13.4. The molecule has 4 nitrogen and oxygen atoms in total. The van der Waals surface area contributed by atoms with Crippen LogP contribution in [0.2, 0.25) is 0 Å². The van der Waals surface area contributed by atoms with Crippen LogP contribution in [0, 0.1) is 6.92 Å². The number of ether oxygens (including phenoxy) is 1. The van der Waals surface area contributed by atoms with Gasteiger partial charge in [-0.05, 0) is 61.7 Å². The number of rotatable bonds is 5. The predicted octanol–water partition coefficient (Wildman–Crippen LogP) is 6.35.